The largest absolute Gasteiger partial charge is 0.328 e. The van der Waals surface area contributed by atoms with Crippen molar-refractivity contribution >= 4 is 27.4 Å². The molecule has 1 heterocycles. The predicted octanol–water partition coefficient (Wildman–Crippen LogP) is 3.62. The second-order valence-electron chi connectivity index (χ2n) is 4.04. The molecule has 0 unspecified atom stereocenters. The summed E-state index contributed by atoms with van der Waals surface area (Å²) in [7, 11) is 2.00. The Morgan fingerprint density at radius 1 is 1.24 bits per heavy atom. The van der Waals surface area contributed by atoms with Gasteiger partial charge in [0.2, 0.25) is 0 Å². The first kappa shape index (κ1) is 12.0. The monoisotopic (exact) mass is 291 g/mol. The van der Waals surface area contributed by atoms with Crippen LogP contribution in [0.25, 0.3) is 0 Å². The Bertz CT molecular complexity index is 540. The fourth-order valence-corrected chi connectivity index (χ4v) is 2.34. The zero-order chi connectivity index (χ0) is 12.4. The lowest BCUT2D eigenvalue weighted by Gasteiger charge is -2.21. The van der Waals surface area contributed by atoms with Crippen LogP contribution in [0.5, 0.6) is 0 Å². The van der Waals surface area contributed by atoms with E-state index in [4.69, 9.17) is 0 Å². The summed E-state index contributed by atoms with van der Waals surface area (Å²) in [6.45, 7) is 4.20. The number of aryl methyl sites for hydroxylation is 2. The molecule has 4 heteroatoms. The Hall–Kier alpha value is -1.42. The van der Waals surface area contributed by atoms with Crippen molar-refractivity contribution < 1.29 is 0 Å². The van der Waals surface area contributed by atoms with E-state index >= 15 is 0 Å². The van der Waals surface area contributed by atoms with Crippen LogP contribution < -0.4 is 4.90 Å². The molecule has 0 N–H and O–H groups in total. The Balaban J connectivity index is 2.44. The van der Waals surface area contributed by atoms with Crippen molar-refractivity contribution in [3.63, 3.8) is 0 Å². The predicted molar refractivity (Wildman–Crippen MR) is 73.7 cm³/mol. The molecule has 0 spiro atoms. The lowest BCUT2D eigenvalue weighted by Crippen LogP contribution is -2.13. The highest BCUT2D eigenvalue weighted by molar-refractivity contribution is 9.10. The molecule has 0 aliphatic heterocycles. The number of rotatable bonds is 2. The molecule has 2 aromatic rings. The van der Waals surface area contributed by atoms with E-state index in [-0.39, 0.29) is 0 Å². The number of nitrogens with zero attached hydrogens (tertiary/aromatic N) is 3. The molecular weight excluding hydrogens is 278 g/mol. The van der Waals surface area contributed by atoms with Crippen LogP contribution in [0.2, 0.25) is 0 Å². The topological polar surface area (TPSA) is 29.0 Å². The molecule has 0 aliphatic carbocycles. The minimum atomic E-state index is 0.868. The van der Waals surface area contributed by atoms with Crippen LogP contribution in [0, 0.1) is 13.8 Å². The molecule has 2 rings (SSSR count). The van der Waals surface area contributed by atoms with Crippen LogP contribution >= 0.6 is 15.9 Å². The number of aromatic nitrogens is 2. The van der Waals surface area contributed by atoms with Crippen molar-refractivity contribution in [3.05, 3.63) is 46.3 Å². The molecule has 0 radical (unpaired) electrons. The van der Waals surface area contributed by atoms with Gasteiger partial charge in [-0.15, -0.1) is 0 Å². The van der Waals surface area contributed by atoms with Gasteiger partial charge < -0.3 is 4.90 Å². The van der Waals surface area contributed by atoms with E-state index < -0.39 is 0 Å². The van der Waals surface area contributed by atoms with Gasteiger partial charge in [-0.05, 0) is 41.4 Å². The summed E-state index contributed by atoms with van der Waals surface area (Å²) in [5, 5.41) is 0. The standard InChI is InChI=1S/C13H14BrN3/c1-9-4-5-12(10(2)6-9)17(3)13-11(14)7-15-8-16-13/h4-8H,1-3H3. The third kappa shape index (κ3) is 2.47. The number of benzene rings is 1. The molecule has 0 atom stereocenters. The van der Waals surface area contributed by atoms with Crippen LogP contribution in [0.1, 0.15) is 11.1 Å². The Labute approximate surface area is 110 Å². The van der Waals surface area contributed by atoms with Gasteiger partial charge in [-0.25, -0.2) is 9.97 Å². The van der Waals surface area contributed by atoms with Gasteiger partial charge in [0.15, 0.2) is 5.82 Å². The van der Waals surface area contributed by atoms with Gasteiger partial charge in [-0.3, -0.25) is 0 Å². The Morgan fingerprint density at radius 2 is 2.00 bits per heavy atom. The molecule has 17 heavy (non-hydrogen) atoms. The molecule has 0 saturated heterocycles. The molecule has 88 valence electrons. The van der Waals surface area contributed by atoms with Crippen molar-refractivity contribution in [2.24, 2.45) is 0 Å². The maximum absolute atomic E-state index is 4.29. The number of anilines is 2. The zero-order valence-electron chi connectivity index (χ0n) is 10.1. The van der Waals surface area contributed by atoms with Crippen molar-refractivity contribution in [1.82, 2.24) is 9.97 Å². The minimum Gasteiger partial charge on any atom is -0.328 e. The maximum Gasteiger partial charge on any atom is 0.150 e. The van der Waals surface area contributed by atoms with Gasteiger partial charge in [0, 0.05) is 18.9 Å². The lowest BCUT2D eigenvalue weighted by molar-refractivity contribution is 1.06. The molecule has 0 saturated carbocycles. The van der Waals surface area contributed by atoms with Crippen molar-refractivity contribution in [1.29, 1.82) is 0 Å². The zero-order valence-corrected chi connectivity index (χ0v) is 11.7. The third-order valence-corrected chi connectivity index (χ3v) is 3.24. The van der Waals surface area contributed by atoms with Gasteiger partial charge in [-0.2, -0.15) is 0 Å². The normalized spacial score (nSPS) is 10.4. The molecule has 0 aliphatic rings. The van der Waals surface area contributed by atoms with E-state index in [9.17, 15) is 0 Å². The summed E-state index contributed by atoms with van der Waals surface area (Å²) in [6, 6.07) is 6.38. The Morgan fingerprint density at radius 3 is 2.65 bits per heavy atom. The number of halogens is 1. The van der Waals surface area contributed by atoms with Gasteiger partial charge in [0.1, 0.15) is 6.33 Å². The minimum absolute atomic E-state index is 0.868. The summed E-state index contributed by atoms with van der Waals surface area (Å²) in [4.78, 5) is 10.3. The maximum atomic E-state index is 4.29. The van der Waals surface area contributed by atoms with E-state index in [1.165, 1.54) is 11.1 Å². The van der Waals surface area contributed by atoms with Crippen molar-refractivity contribution in [3.8, 4) is 0 Å². The first-order valence-corrected chi connectivity index (χ1v) is 6.15. The van der Waals surface area contributed by atoms with E-state index in [0.29, 0.717) is 0 Å². The smallest absolute Gasteiger partial charge is 0.150 e. The summed E-state index contributed by atoms with van der Waals surface area (Å²) >= 11 is 3.47. The molecule has 1 aromatic carbocycles. The van der Waals surface area contributed by atoms with Gasteiger partial charge in [0.25, 0.3) is 0 Å². The van der Waals surface area contributed by atoms with Crippen LogP contribution in [0.15, 0.2) is 35.2 Å². The van der Waals surface area contributed by atoms with Crippen molar-refractivity contribution in [2.45, 2.75) is 13.8 Å². The molecule has 1 aromatic heterocycles. The van der Waals surface area contributed by atoms with Crippen molar-refractivity contribution in [2.75, 3.05) is 11.9 Å². The second-order valence-corrected chi connectivity index (χ2v) is 4.90. The van der Waals surface area contributed by atoms with Crippen LogP contribution in [-0.2, 0) is 0 Å². The summed E-state index contributed by atoms with van der Waals surface area (Å²) in [5.41, 5.74) is 3.65. The quantitative estimate of drug-likeness (QED) is 0.846. The summed E-state index contributed by atoms with van der Waals surface area (Å²) in [6.07, 6.45) is 3.31. The lowest BCUT2D eigenvalue weighted by atomic mass is 10.1. The number of hydrogen-bond donors (Lipinski definition) is 0. The third-order valence-electron chi connectivity index (χ3n) is 2.68. The molecule has 0 bridgehead atoms. The highest BCUT2D eigenvalue weighted by Gasteiger charge is 2.11. The van der Waals surface area contributed by atoms with Crippen LogP contribution in [0.4, 0.5) is 11.5 Å². The summed E-state index contributed by atoms with van der Waals surface area (Å²) in [5.74, 6) is 0.868. The van der Waals surface area contributed by atoms with Gasteiger partial charge >= 0.3 is 0 Å². The average molecular weight is 292 g/mol. The number of hydrogen-bond acceptors (Lipinski definition) is 3. The first-order chi connectivity index (χ1) is 8.09. The highest BCUT2D eigenvalue weighted by atomic mass is 79.9. The van der Waals surface area contributed by atoms with Gasteiger partial charge in [0.05, 0.1) is 4.47 Å². The second kappa shape index (κ2) is 4.84. The van der Waals surface area contributed by atoms with Gasteiger partial charge in [-0.1, -0.05) is 17.7 Å². The average Bonchev–Trinajstić information content (AvgIpc) is 2.29. The SMILES string of the molecule is Cc1ccc(N(C)c2ncncc2Br)c(C)c1. The molecule has 3 nitrogen and oxygen atoms in total. The van der Waals surface area contributed by atoms with E-state index in [1.54, 1.807) is 12.5 Å². The van der Waals surface area contributed by atoms with E-state index in [1.807, 2.05) is 7.05 Å². The highest BCUT2D eigenvalue weighted by Crippen LogP contribution is 2.30. The van der Waals surface area contributed by atoms with Crippen LogP contribution in [0.3, 0.4) is 0 Å². The molecule has 0 fully saturated rings. The molecular formula is C13H14BrN3. The fourth-order valence-electron chi connectivity index (χ4n) is 1.85. The Kier molecular flexibility index (Phi) is 3.43. The van der Waals surface area contributed by atoms with E-state index in [0.717, 1.165) is 16.0 Å². The first-order valence-electron chi connectivity index (χ1n) is 5.36. The van der Waals surface area contributed by atoms with Crippen LogP contribution in [-0.4, -0.2) is 17.0 Å². The van der Waals surface area contributed by atoms with E-state index in [2.05, 4.69) is 62.8 Å². The summed E-state index contributed by atoms with van der Waals surface area (Å²) < 4.78 is 0.891. The fraction of sp³-hybridized carbons (Fsp3) is 0.231. The molecule has 0 amide bonds.